The first kappa shape index (κ1) is 15.0. The average molecular weight is 303 g/mol. The normalized spacial score (nSPS) is 13.4. The number of aromatic amines is 1. The van der Waals surface area contributed by atoms with Crippen molar-refractivity contribution in [2.24, 2.45) is 12.8 Å². The van der Waals surface area contributed by atoms with Gasteiger partial charge in [0.05, 0.1) is 6.07 Å². The fraction of sp³-hybridized carbons (Fsp3) is 0.231. The summed E-state index contributed by atoms with van der Waals surface area (Å²) < 4.78 is 1.33. The lowest BCUT2D eigenvalue weighted by Gasteiger charge is -2.21. The second kappa shape index (κ2) is 5.95. The van der Waals surface area contributed by atoms with E-state index in [4.69, 9.17) is 5.73 Å². The highest BCUT2D eigenvalue weighted by Crippen LogP contribution is 2.25. The van der Waals surface area contributed by atoms with Crippen molar-refractivity contribution in [2.45, 2.75) is 10.7 Å². The van der Waals surface area contributed by atoms with E-state index in [9.17, 15) is 14.9 Å². The number of hydrogen-bond donors (Lipinski definition) is 2. The smallest absolute Gasteiger partial charge is 0.309 e. The molecule has 3 N–H and O–H groups in total. The summed E-state index contributed by atoms with van der Waals surface area (Å²) in [6.07, 6.45) is 0. The van der Waals surface area contributed by atoms with Crippen LogP contribution in [0.2, 0.25) is 0 Å². The maximum Gasteiger partial charge on any atom is 0.339 e. The zero-order valence-electron chi connectivity index (χ0n) is 11.2. The molecule has 0 saturated heterocycles. The van der Waals surface area contributed by atoms with E-state index < -0.39 is 16.7 Å². The summed E-state index contributed by atoms with van der Waals surface area (Å²) in [5.74, 6) is 0.194. The van der Waals surface area contributed by atoms with E-state index in [0.29, 0.717) is 10.7 Å². The van der Waals surface area contributed by atoms with E-state index in [0.717, 1.165) is 11.8 Å². The monoisotopic (exact) mass is 303 g/mol. The van der Waals surface area contributed by atoms with Crippen molar-refractivity contribution in [3.05, 3.63) is 56.6 Å². The number of rotatable bonds is 4. The van der Waals surface area contributed by atoms with Gasteiger partial charge in [-0.05, 0) is 5.56 Å². The Kier molecular flexibility index (Phi) is 4.26. The highest BCUT2D eigenvalue weighted by molar-refractivity contribution is 7.99. The van der Waals surface area contributed by atoms with Crippen molar-refractivity contribution in [2.75, 3.05) is 5.75 Å². The molecule has 0 radical (unpaired) electrons. The molecule has 0 saturated carbocycles. The van der Waals surface area contributed by atoms with Crippen LogP contribution in [0.15, 0.2) is 45.1 Å². The first-order valence-corrected chi connectivity index (χ1v) is 7.00. The van der Waals surface area contributed by atoms with Gasteiger partial charge in [-0.3, -0.25) is 19.4 Å². The molecule has 21 heavy (non-hydrogen) atoms. The molecule has 1 aromatic carbocycles. The van der Waals surface area contributed by atoms with Crippen LogP contribution in [0.3, 0.4) is 0 Å². The van der Waals surface area contributed by atoms with Gasteiger partial charge in [0.2, 0.25) is 0 Å². The summed E-state index contributed by atoms with van der Waals surface area (Å²) in [6, 6.07) is 11.0. The number of nitriles is 1. The van der Waals surface area contributed by atoms with Crippen LogP contribution in [0, 0.1) is 11.3 Å². The lowest BCUT2D eigenvalue weighted by atomic mass is 9.95. The van der Waals surface area contributed by atoms with Gasteiger partial charge in [-0.25, -0.2) is 0 Å². The Morgan fingerprint density at radius 3 is 2.71 bits per heavy atom. The van der Waals surface area contributed by atoms with E-state index in [2.05, 4.69) is 16.2 Å². The van der Waals surface area contributed by atoms with Crippen LogP contribution >= 0.6 is 11.8 Å². The topological polar surface area (TPSA) is 118 Å². The molecule has 0 aliphatic carbocycles. The molecular formula is C13H13N5O2S. The molecular weight excluding hydrogens is 290 g/mol. The molecule has 1 atom stereocenters. The maximum atomic E-state index is 11.3. The van der Waals surface area contributed by atoms with Gasteiger partial charge in [0, 0.05) is 12.8 Å². The van der Waals surface area contributed by atoms with Crippen LogP contribution in [-0.4, -0.2) is 20.5 Å². The molecule has 0 amide bonds. The molecule has 7 nitrogen and oxygen atoms in total. The van der Waals surface area contributed by atoms with Crippen molar-refractivity contribution >= 4 is 11.8 Å². The fourth-order valence-electron chi connectivity index (χ4n) is 1.68. The molecule has 1 unspecified atom stereocenters. The highest BCUT2D eigenvalue weighted by atomic mass is 32.2. The quantitative estimate of drug-likeness (QED) is 0.603. The second-order valence-electron chi connectivity index (χ2n) is 4.44. The lowest BCUT2D eigenvalue weighted by molar-refractivity contribution is 0.592. The number of nitrogens with one attached hydrogen (secondary N) is 1. The van der Waals surface area contributed by atoms with Gasteiger partial charge in [0.1, 0.15) is 5.54 Å². The largest absolute Gasteiger partial charge is 0.339 e. The molecule has 1 heterocycles. The standard InChI is InChI=1S/C13H13N5O2S/c1-18-12(16-10(19)11(20)17-18)21-8-13(15,7-14)9-5-3-2-4-6-9/h2-6H,8,15H2,1H3,(H,17,20). The molecule has 0 fully saturated rings. The third-order valence-electron chi connectivity index (χ3n) is 2.86. The number of hydrogen-bond acceptors (Lipinski definition) is 6. The van der Waals surface area contributed by atoms with Gasteiger partial charge in [-0.1, -0.05) is 42.1 Å². The third-order valence-corrected chi connectivity index (χ3v) is 4.09. The SMILES string of the molecule is Cn1[nH]c(=O)c(=O)nc1SCC(N)(C#N)c1ccccc1. The van der Waals surface area contributed by atoms with Crippen molar-refractivity contribution in [3.63, 3.8) is 0 Å². The Morgan fingerprint density at radius 1 is 1.43 bits per heavy atom. The molecule has 0 bridgehead atoms. The van der Waals surface area contributed by atoms with Crippen LogP contribution in [0.5, 0.6) is 0 Å². The number of H-pyrrole nitrogens is 1. The molecule has 2 aromatic rings. The first-order chi connectivity index (χ1) is 9.96. The molecule has 2 rings (SSSR count). The van der Waals surface area contributed by atoms with Crippen molar-refractivity contribution < 1.29 is 0 Å². The lowest BCUT2D eigenvalue weighted by Crippen LogP contribution is -2.38. The number of thioether (sulfide) groups is 1. The van der Waals surface area contributed by atoms with E-state index in [-0.39, 0.29) is 5.75 Å². The summed E-state index contributed by atoms with van der Waals surface area (Å²) >= 11 is 1.13. The van der Waals surface area contributed by atoms with Gasteiger partial charge in [-0.15, -0.1) is 0 Å². The van der Waals surface area contributed by atoms with E-state index in [1.54, 1.807) is 31.3 Å². The van der Waals surface area contributed by atoms with Crippen LogP contribution < -0.4 is 16.9 Å². The zero-order chi connectivity index (χ0) is 15.5. The molecule has 0 aliphatic rings. The molecule has 0 aliphatic heterocycles. The van der Waals surface area contributed by atoms with Crippen molar-refractivity contribution in [1.29, 1.82) is 5.26 Å². The Balaban J connectivity index is 2.26. The predicted molar refractivity (Wildman–Crippen MR) is 78.7 cm³/mol. The summed E-state index contributed by atoms with van der Waals surface area (Å²) in [4.78, 5) is 26.1. The number of aromatic nitrogens is 3. The van der Waals surface area contributed by atoms with Gasteiger partial charge >= 0.3 is 11.1 Å². The van der Waals surface area contributed by atoms with E-state index in [1.165, 1.54) is 4.68 Å². The van der Waals surface area contributed by atoms with Gasteiger partial charge in [0.25, 0.3) is 0 Å². The molecule has 108 valence electrons. The van der Waals surface area contributed by atoms with E-state index >= 15 is 0 Å². The minimum absolute atomic E-state index is 0.194. The number of nitrogens with zero attached hydrogens (tertiary/aromatic N) is 3. The van der Waals surface area contributed by atoms with Gasteiger partial charge in [0.15, 0.2) is 5.16 Å². The maximum absolute atomic E-state index is 11.3. The third kappa shape index (κ3) is 3.21. The molecule has 8 heteroatoms. The Bertz CT molecular complexity index is 793. The van der Waals surface area contributed by atoms with E-state index in [1.807, 2.05) is 6.07 Å². The van der Waals surface area contributed by atoms with Gasteiger partial charge < -0.3 is 5.73 Å². The summed E-state index contributed by atoms with van der Waals surface area (Å²) in [5, 5.41) is 12.0. The van der Waals surface area contributed by atoms with Crippen LogP contribution in [-0.2, 0) is 12.6 Å². The predicted octanol–water partition coefficient (Wildman–Crippen LogP) is -0.0615. The summed E-state index contributed by atoms with van der Waals surface area (Å²) in [7, 11) is 1.56. The Hall–Kier alpha value is -2.37. The summed E-state index contributed by atoms with van der Waals surface area (Å²) in [5.41, 5.74) is 3.93. The van der Waals surface area contributed by atoms with Crippen LogP contribution in [0.1, 0.15) is 5.56 Å². The first-order valence-electron chi connectivity index (χ1n) is 6.02. The average Bonchev–Trinajstić information content (AvgIpc) is 2.50. The fourth-order valence-corrected chi connectivity index (χ4v) is 2.66. The second-order valence-corrected chi connectivity index (χ2v) is 5.38. The Morgan fingerprint density at radius 2 is 2.10 bits per heavy atom. The number of benzene rings is 1. The van der Waals surface area contributed by atoms with Gasteiger partial charge in [-0.2, -0.15) is 10.2 Å². The molecule has 0 spiro atoms. The molecule has 1 aromatic heterocycles. The van der Waals surface area contributed by atoms with Crippen LogP contribution in [0.4, 0.5) is 0 Å². The number of nitrogens with two attached hydrogens (primary N) is 1. The minimum atomic E-state index is -1.21. The highest BCUT2D eigenvalue weighted by Gasteiger charge is 2.28. The number of aryl methyl sites for hydroxylation is 1. The van der Waals surface area contributed by atoms with Crippen molar-refractivity contribution in [3.8, 4) is 6.07 Å². The Labute approximate surface area is 124 Å². The van der Waals surface area contributed by atoms with Crippen molar-refractivity contribution in [1.82, 2.24) is 14.8 Å². The minimum Gasteiger partial charge on any atom is -0.309 e. The van der Waals surface area contributed by atoms with Crippen LogP contribution in [0.25, 0.3) is 0 Å². The summed E-state index contributed by atoms with van der Waals surface area (Å²) in [6.45, 7) is 0. The zero-order valence-corrected chi connectivity index (χ0v) is 12.1.